The van der Waals surface area contributed by atoms with Gasteiger partial charge in [-0.2, -0.15) is 5.10 Å². The molecule has 0 atom stereocenters. The van der Waals surface area contributed by atoms with Crippen LogP contribution in [0.4, 0.5) is 5.82 Å². The predicted octanol–water partition coefficient (Wildman–Crippen LogP) is 2.47. The van der Waals surface area contributed by atoms with E-state index in [4.69, 9.17) is 14.7 Å². The van der Waals surface area contributed by atoms with Gasteiger partial charge >= 0.3 is 0 Å². The average Bonchev–Trinajstić information content (AvgIpc) is 3.29. The first-order valence-electron chi connectivity index (χ1n) is 7.76. The van der Waals surface area contributed by atoms with Crippen molar-refractivity contribution >= 4 is 38.4 Å². The Morgan fingerprint density at radius 1 is 1.17 bits per heavy atom. The third-order valence-electron chi connectivity index (χ3n) is 4.19. The molecule has 4 aromatic rings. The van der Waals surface area contributed by atoms with Crippen LogP contribution in [0.15, 0.2) is 29.9 Å². The number of aromatic nitrogens is 5. The number of aromatic amines is 1. The van der Waals surface area contributed by atoms with Crippen molar-refractivity contribution in [1.82, 2.24) is 25.1 Å². The van der Waals surface area contributed by atoms with Crippen molar-refractivity contribution < 1.29 is 4.74 Å². The molecule has 0 aliphatic carbocycles. The van der Waals surface area contributed by atoms with E-state index in [9.17, 15) is 0 Å². The zero-order valence-electron chi connectivity index (χ0n) is 12.8. The van der Waals surface area contributed by atoms with Gasteiger partial charge in [0.15, 0.2) is 11.6 Å². The number of anilines is 1. The molecule has 0 bridgehead atoms. The van der Waals surface area contributed by atoms with E-state index in [1.165, 1.54) is 0 Å². The Kier molecular flexibility index (Phi) is 3.17. The number of morpholine rings is 1. The van der Waals surface area contributed by atoms with Crippen molar-refractivity contribution in [2.45, 2.75) is 0 Å². The van der Waals surface area contributed by atoms with E-state index in [1.807, 2.05) is 23.8 Å². The molecule has 4 heterocycles. The Morgan fingerprint density at radius 3 is 3.00 bits per heavy atom. The molecule has 0 amide bonds. The predicted molar refractivity (Wildman–Crippen MR) is 93.3 cm³/mol. The molecule has 0 radical (unpaired) electrons. The maximum absolute atomic E-state index is 5.46. The lowest BCUT2D eigenvalue weighted by Crippen LogP contribution is -2.37. The minimum Gasteiger partial charge on any atom is -0.378 e. The first kappa shape index (κ1) is 13.8. The number of thiazole rings is 1. The zero-order chi connectivity index (χ0) is 15.9. The van der Waals surface area contributed by atoms with E-state index >= 15 is 0 Å². The van der Waals surface area contributed by atoms with Crippen LogP contribution in [0, 0.1) is 0 Å². The molecule has 0 saturated carbocycles. The van der Waals surface area contributed by atoms with Crippen LogP contribution >= 0.6 is 11.3 Å². The molecule has 7 nitrogen and oxygen atoms in total. The fraction of sp³-hybridized carbons (Fsp3) is 0.250. The number of H-pyrrole nitrogens is 1. The van der Waals surface area contributed by atoms with E-state index in [-0.39, 0.29) is 0 Å². The van der Waals surface area contributed by atoms with Crippen molar-refractivity contribution in [3.63, 3.8) is 0 Å². The van der Waals surface area contributed by atoms with E-state index < -0.39 is 0 Å². The number of ether oxygens (including phenoxy) is 1. The van der Waals surface area contributed by atoms with E-state index in [1.54, 1.807) is 11.3 Å². The topological polar surface area (TPSA) is 79.8 Å². The molecular weight excluding hydrogens is 324 g/mol. The van der Waals surface area contributed by atoms with Gasteiger partial charge in [-0.1, -0.05) is 0 Å². The van der Waals surface area contributed by atoms with E-state index in [2.05, 4.69) is 26.1 Å². The molecule has 1 N–H and O–H groups in total. The lowest BCUT2D eigenvalue weighted by atomic mass is 10.1. The van der Waals surface area contributed by atoms with Crippen LogP contribution in [0.2, 0.25) is 0 Å². The van der Waals surface area contributed by atoms with Crippen LogP contribution in [0.25, 0.3) is 32.6 Å². The third-order valence-corrected chi connectivity index (χ3v) is 4.91. The maximum Gasteiger partial charge on any atom is 0.163 e. The quantitative estimate of drug-likeness (QED) is 0.605. The lowest BCUT2D eigenvalue weighted by molar-refractivity contribution is 0.122. The summed E-state index contributed by atoms with van der Waals surface area (Å²) in [5.41, 5.74) is 4.68. The summed E-state index contributed by atoms with van der Waals surface area (Å²) in [5.74, 6) is 1.61. The van der Waals surface area contributed by atoms with E-state index in [0.29, 0.717) is 13.2 Å². The number of nitrogens with one attached hydrogen (secondary N) is 1. The number of hydrogen-bond donors (Lipinski definition) is 1. The summed E-state index contributed by atoms with van der Waals surface area (Å²) < 4.78 is 5.46. The van der Waals surface area contributed by atoms with Crippen LogP contribution < -0.4 is 4.90 Å². The molecule has 3 aromatic heterocycles. The van der Waals surface area contributed by atoms with Gasteiger partial charge in [0.1, 0.15) is 10.3 Å². The van der Waals surface area contributed by atoms with Gasteiger partial charge in [0.05, 0.1) is 30.4 Å². The number of hydrogen-bond acceptors (Lipinski definition) is 7. The summed E-state index contributed by atoms with van der Waals surface area (Å²) >= 11 is 1.54. The molecule has 1 aromatic carbocycles. The van der Waals surface area contributed by atoms with Crippen molar-refractivity contribution in [1.29, 1.82) is 0 Å². The van der Waals surface area contributed by atoms with Crippen molar-refractivity contribution in [2.24, 2.45) is 0 Å². The van der Waals surface area contributed by atoms with Gasteiger partial charge in [0.25, 0.3) is 0 Å². The standard InChI is InChI=1S/C16H14N6OS/c1-2-12-11(8-18-21-12)7-10(1)14-19-15(22-3-5-23-6-4-22)13-16(20-14)24-9-17-13/h1-2,7-9H,3-6H2,(H,18,21). The largest absolute Gasteiger partial charge is 0.378 e. The molecule has 8 heteroatoms. The van der Waals surface area contributed by atoms with Crippen LogP contribution in [0.5, 0.6) is 0 Å². The zero-order valence-corrected chi connectivity index (χ0v) is 13.6. The third kappa shape index (κ3) is 2.22. The highest BCUT2D eigenvalue weighted by molar-refractivity contribution is 7.16. The molecule has 1 fully saturated rings. The SMILES string of the molecule is c1nc2c(N3CCOCC3)nc(-c3ccc4[nH]ncc4c3)nc2s1. The molecule has 0 unspecified atom stereocenters. The molecule has 1 aliphatic heterocycles. The highest BCUT2D eigenvalue weighted by atomic mass is 32.1. The average molecular weight is 338 g/mol. The number of nitrogens with zero attached hydrogens (tertiary/aromatic N) is 5. The normalized spacial score (nSPS) is 15.4. The van der Waals surface area contributed by atoms with Crippen LogP contribution in [-0.2, 0) is 4.74 Å². The molecule has 0 spiro atoms. The van der Waals surface area contributed by atoms with E-state index in [0.717, 1.165) is 51.5 Å². The summed E-state index contributed by atoms with van der Waals surface area (Å²) in [7, 11) is 0. The fourth-order valence-corrected chi connectivity index (χ4v) is 3.61. The van der Waals surface area contributed by atoms with Gasteiger partial charge in [-0.3, -0.25) is 5.10 Å². The summed E-state index contributed by atoms with van der Waals surface area (Å²) in [4.78, 5) is 17.1. The molecule has 24 heavy (non-hydrogen) atoms. The Hall–Kier alpha value is -2.58. The molecule has 5 rings (SSSR count). The highest BCUT2D eigenvalue weighted by Gasteiger charge is 2.19. The number of fused-ring (bicyclic) bond motifs is 2. The smallest absolute Gasteiger partial charge is 0.163 e. The number of rotatable bonds is 2. The summed E-state index contributed by atoms with van der Waals surface area (Å²) in [6.07, 6.45) is 1.81. The van der Waals surface area contributed by atoms with Crippen molar-refractivity contribution in [3.8, 4) is 11.4 Å². The van der Waals surface area contributed by atoms with Crippen LogP contribution in [-0.4, -0.2) is 51.5 Å². The first-order valence-corrected chi connectivity index (χ1v) is 8.64. The highest BCUT2D eigenvalue weighted by Crippen LogP contribution is 2.30. The Labute approximate surface area is 141 Å². The van der Waals surface area contributed by atoms with Crippen LogP contribution in [0.1, 0.15) is 0 Å². The molecular formula is C16H14N6OS. The Balaban J connectivity index is 1.67. The van der Waals surface area contributed by atoms with Gasteiger partial charge in [0, 0.05) is 24.0 Å². The molecule has 120 valence electrons. The fourth-order valence-electron chi connectivity index (χ4n) is 2.95. The Morgan fingerprint density at radius 2 is 2.08 bits per heavy atom. The van der Waals surface area contributed by atoms with Gasteiger partial charge in [-0.05, 0) is 18.2 Å². The minimum absolute atomic E-state index is 0.714. The summed E-state index contributed by atoms with van der Waals surface area (Å²) in [6.45, 7) is 3.07. The minimum atomic E-state index is 0.714. The second-order valence-electron chi connectivity index (χ2n) is 5.65. The maximum atomic E-state index is 5.46. The first-order chi connectivity index (χ1) is 11.9. The van der Waals surface area contributed by atoms with Gasteiger partial charge in [0.2, 0.25) is 0 Å². The van der Waals surface area contributed by atoms with Crippen molar-refractivity contribution in [2.75, 3.05) is 31.2 Å². The monoisotopic (exact) mass is 338 g/mol. The van der Waals surface area contributed by atoms with Crippen LogP contribution in [0.3, 0.4) is 0 Å². The lowest BCUT2D eigenvalue weighted by Gasteiger charge is -2.28. The number of benzene rings is 1. The van der Waals surface area contributed by atoms with Gasteiger partial charge in [-0.15, -0.1) is 11.3 Å². The molecule has 1 aliphatic rings. The van der Waals surface area contributed by atoms with Gasteiger partial charge < -0.3 is 9.64 Å². The van der Waals surface area contributed by atoms with Crippen molar-refractivity contribution in [3.05, 3.63) is 29.9 Å². The molecule has 1 saturated heterocycles. The summed E-state index contributed by atoms with van der Waals surface area (Å²) in [6, 6.07) is 6.09. The second-order valence-corrected chi connectivity index (χ2v) is 6.48. The Bertz CT molecular complexity index is 1020. The van der Waals surface area contributed by atoms with Gasteiger partial charge in [-0.25, -0.2) is 15.0 Å². The summed E-state index contributed by atoms with van der Waals surface area (Å²) in [5, 5.41) is 8.09. The second kappa shape index (κ2) is 5.50.